The number of hydrogen-bond donors (Lipinski definition) is 7. The van der Waals surface area contributed by atoms with Crippen LogP contribution in [-0.2, 0) is 36.4 Å². The number of rotatable bonds is 9. The van der Waals surface area contributed by atoms with Crippen LogP contribution in [0.5, 0.6) is 0 Å². The monoisotopic (exact) mass is 522 g/mol. The van der Waals surface area contributed by atoms with Gasteiger partial charge in [0.05, 0.1) is 12.9 Å². The molecule has 9 N–H and O–H groups in total. The fourth-order valence-corrected chi connectivity index (χ4v) is 5.82. The molecule has 3 heterocycles. The number of aromatic amines is 1. The highest BCUT2D eigenvalue weighted by molar-refractivity contribution is 7.66. The summed E-state index contributed by atoms with van der Waals surface area (Å²) in [7, 11) is -16.6. The van der Waals surface area contributed by atoms with Gasteiger partial charge in [0, 0.05) is 6.42 Å². The molecule has 3 rings (SSSR count). The molecule has 22 heteroatoms. The fraction of sp³-hybridized carbons (Fsp3) is 0.500. The summed E-state index contributed by atoms with van der Waals surface area (Å²) in [5, 5.41) is 0. The van der Waals surface area contributed by atoms with E-state index >= 15 is 0 Å². The van der Waals surface area contributed by atoms with Gasteiger partial charge in [0.1, 0.15) is 18.4 Å². The van der Waals surface area contributed by atoms with Crippen molar-refractivity contribution in [3.8, 4) is 0 Å². The van der Waals surface area contributed by atoms with Crippen LogP contribution in [0.3, 0.4) is 0 Å². The molecule has 5 atom stereocenters. The van der Waals surface area contributed by atoms with Crippen molar-refractivity contribution < 1.29 is 56.0 Å². The Morgan fingerprint density at radius 1 is 1.22 bits per heavy atom. The highest BCUT2D eigenvalue weighted by Gasteiger charge is 2.43. The van der Waals surface area contributed by atoms with Crippen LogP contribution in [0.25, 0.3) is 11.2 Å². The predicted octanol–water partition coefficient (Wildman–Crippen LogP) is -1.41. The number of anilines is 1. The van der Waals surface area contributed by atoms with Crippen LogP contribution in [-0.4, -0.2) is 57.9 Å². The number of phosphoric acid groups is 3. The van der Waals surface area contributed by atoms with Crippen molar-refractivity contribution in [2.45, 2.75) is 24.9 Å². The molecule has 2 aromatic rings. The predicted molar refractivity (Wildman–Crippen MR) is 100.0 cm³/mol. The number of hydrogen-bond acceptors (Lipinski definition) is 13. The number of nitrogen functional groups attached to an aromatic ring is 1. The third-order valence-electron chi connectivity index (χ3n) is 3.93. The SMILES string of the molecule is NO[C@@H]1C[C@H](n2cnc3c(=O)[nH]c(N)nc32)OC1COP(=O)(O)OP(=O)(O)OP(=O)(O)O. The molecule has 0 aliphatic carbocycles. The van der Waals surface area contributed by atoms with E-state index in [2.05, 4.69) is 28.1 Å². The standard InChI is InChI=1S/C10H17N6O13P3/c11-10-14-8-7(9(17)15-10)13-3-16(8)6-1-4(27-12)5(26-6)2-25-31(21,22)29-32(23,24)28-30(18,19)20/h3-6H,1-2,12H2,(H,21,22)(H,23,24)(H2,18,19,20)(H3,11,14,15,17)/t4-,5?,6-/m1/s1. The highest BCUT2D eigenvalue weighted by Crippen LogP contribution is 2.66. The van der Waals surface area contributed by atoms with E-state index in [1.54, 1.807) is 0 Å². The molecule has 0 amide bonds. The molecule has 32 heavy (non-hydrogen) atoms. The zero-order chi connectivity index (χ0) is 23.9. The van der Waals surface area contributed by atoms with E-state index in [1.807, 2.05) is 0 Å². The molecule has 3 unspecified atom stereocenters. The fourth-order valence-electron chi connectivity index (χ4n) is 2.79. The van der Waals surface area contributed by atoms with Gasteiger partial charge >= 0.3 is 23.5 Å². The van der Waals surface area contributed by atoms with Crippen LogP contribution < -0.4 is 17.2 Å². The maximum atomic E-state index is 11.9. The Kier molecular flexibility index (Phi) is 7.05. The summed E-state index contributed by atoms with van der Waals surface area (Å²) in [4.78, 5) is 62.6. The normalized spacial score (nSPS) is 25.6. The minimum atomic E-state index is -5.67. The first kappa shape index (κ1) is 25.1. The first-order valence-electron chi connectivity index (χ1n) is 8.21. The van der Waals surface area contributed by atoms with Crippen LogP contribution in [0.4, 0.5) is 5.95 Å². The smallest absolute Gasteiger partial charge is 0.369 e. The number of H-pyrrole nitrogens is 1. The molecule has 0 aromatic carbocycles. The zero-order valence-corrected chi connectivity index (χ0v) is 18.2. The van der Waals surface area contributed by atoms with E-state index < -0.39 is 54.1 Å². The lowest BCUT2D eigenvalue weighted by Gasteiger charge is -2.20. The first-order valence-corrected chi connectivity index (χ1v) is 12.7. The second kappa shape index (κ2) is 9.00. The molecule has 0 bridgehead atoms. The quantitative estimate of drug-likeness (QED) is 0.147. The van der Waals surface area contributed by atoms with E-state index in [1.165, 1.54) is 10.9 Å². The van der Waals surface area contributed by atoms with Gasteiger partial charge in [0.25, 0.3) is 5.56 Å². The summed E-state index contributed by atoms with van der Waals surface area (Å²) >= 11 is 0. The molecule has 0 saturated carbocycles. The van der Waals surface area contributed by atoms with Gasteiger partial charge in [-0.15, -0.1) is 0 Å². The molecule has 1 aliphatic rings. The van der Waals surface area contributed by atoms with E-state index in [9.17, 15) is 23.4 Å². The van der Waals surface area contributed by atoms with Crippen molar-refractivity contribution in [1.82, 2.24) is 19.5 Å². The Morgan fingerprint density at radius 3 is 2.53 bits per heavy atom. The first-order chi connectivity index (χ1) is 14.7. The van der Waals surface area contributed by atoms with Crippen LogP contribution >= 0.6 is 23.5 Å². The number of ether oxygens (including phenoxy) is 1. The molecule has 0 spiro atoms. The van der Waals surface area contributed by atoms with Crippen molar-refractivity contribution in [2.75, 3.05) is 12.3 Å². The largest absolute Gasteiger partial charge is 0.490 e. The zero-order valence-electron chi connectivity index (χ0n) is 15.5. The average Bonchev–Trinajstić information content (AvgIpc) is 3.20. The molecule has 1 aliphatic heterocycles. The third-order valence-corrected chi connectivity index (χ3v) is 7.74. The van der Waals surface area contributed by atoms with Crippen LogP contribution in [0.15, 0.2) is 11.1 Å². The van der Waals surface area contributed by atoms with Crippen molar-refractivity contribution in [3.63, 3.8) is 0 Å². The lowest BCUT2D eigenvalue weighted by atomic mass is 10.2. The minimum absolute atomic E-state index is 0.0285. The number of aromatic nitrogens is 4. The Hall–Kier alpha value is -1.56. The second-order valence-electron chi connectivity index (χ2n) is 6.20. The molecular weight excluding hydrogens is 505 g/mol. The highest BCUT2D eigenvalue weighted by atomic mass is 31.3. The maximum Gasteiger partial charge on any atom is 0.490 e. The molecule has 1 fully saturated rings. The summed E-state index contributed by atoms with van der Waals surface area (Å²) in [6.45, 7) is -0.787. The summed E-state index contributed by atoms with van der Waals surface area (Å²) < 4.78 is 52.6. The molecular formula is C10H17N6O13P3. The number of nitrogens with one attached hydrogen (secondary N) is 1. The topological polar surface area (TPSA) is 294 Å². The summed E-state index contributed by atoms with van der Waals surface area (Å²) in [6.07, 6.45) is -1.72. The van der Waals surface area contributed by atoms with Crippen molar-refractivity contribution in [3.05, 3.63) is 16.7 Å². The lowest BCUT2D eigenvalue weighted by molar-refractivity contribution is -0.0600. The minimum Gasteiger partial charge on any atom is -0.369 e. The van der Waals surface area contributed by atoms with Crippen molar-refractivity contribution in [2.24, 2.45) is 5.90 Å². The number of imidazole rings is 1. The number of fused-ring (bicyclic) bond motifs is 1. The lowest BCUT2D eigenvalue weighted by Crippen LogP contribution is -2.31. The number of nitrogens with zero attached hydrogens (tertiary/aromatic N) is 3. The third kappa shape index (κ3) is 6.06. The van der Waals surface area contributed by atoms with E-state index in [4.69, 9.17) is 35.9 Å². The van der Waals surface area contributed by atoms with Gasteiger partial charge in [0.2, 0.25) is 5.95 Å². The summed E-state index contributed by atoms with van der Waals surface area (Å²) in [6, 6.07) is 0. The Bertz CT molecular complexity index is 1190. The number of phosphoric ester groups is 1. The summed E-state index contributed by atoms with van der Waals surface area (Å²) in [5.41, 5.74) is 4.96. The average molecular weight is 522 g/mol. The Morgan fingerprint density at radius 2 is 1.91 bits per heavy atom. The van der Waals surface area contributed by atoms with Gasteiger partial charge in [-0.1, -0.05) is 0 Å². The second-order valence-corrected chi connectivity index (χ2v) is 10.6. The molecule has 2 aromatic heterocycles. The van der Waals surface area contributed by atoms with Gasteiger partial charge in [-0.05, 0) is 0 Å². The Labute approximate surface area is 176 Å². The molecule has 1 saturated heterocycles. The van der Waals surface area contributed by atoms with Gasteiger partial charge in [-0.3, -0.25) is 23.7 Å². The van der Waals surface area contributed by atoms with E-state index in [-0.39, 0.29) is 23.5 Å². The Balaban J connectivity index is 1.71. The molecule has 19 nitrogen and oxygen atoms in total. The molecule has 0 radical (unpaired) electrons. The number of nitrogens with two attached hydrogens (primary N) is 2. The maximum absolute atomic E-state index is 11.9. The van der Waals surface area contributed by atoms with E-state index in [0.717, 1.165) is 0 Å². The van der Waals surface area contributed by atoms with Gasteiger partial charge in [-0.2, -0.15) is 13.6 Å². The molecule has 180 valence electrons. The van der Waals surface area contributed by atoms with E-state index in [0.29, 0.717) is 0 Å². The van der Waals surface area contributed by atoms with Gasteiger partial charge < -0.3 is 30.0 Å². The van der Waals surface area contributed by atoms with Gasteiger partial charge in [0.15, 0.2) is 11.2 Å². The van der Waals surface area contributed by atoms with Crippen LogP contribution in [0.1, 0.15) is 12.6 Å². The van der Waals surface area contributed by atoms with Gasteiger partial charge in [-0.25, -0.2) is 24.6 Å². The van der Waals surface area contributed by atoms with Crippen molar-refractivity contribution in [1.29, 1.82) is 0 Å². The van der Waals surface area contributed by atoms with Crippen LogP contribution in [0.2, 0.25) is 0 Å². The van der Waals surface area contributed by atoms with Crippen molar-refractivity contribution >= 4 is 40.6 Å². The van der Waals surface area contributed by atoms with Crippen LogP contribution in [0, 0.1) is 0 Å². The summed E-state index contributed by atoms with van der Waals surface area (Å²) in [5.74, 6) is 5.02.